The molecule has 1 amide bonds. The molecule has 1 aromatic rings. The molecule has 14 heavy (non-hydrogen) atoms. The fourth-order valence-corrected chi connectivity index (χ4v) is 1.50. The number of primary amides is 1. The number of amides is 1. The zero-order chi connectivity index (χ0) is 10.9. The van der Waals surface area contributed by atoms with Gasteiger partial charge in [-0.1, -0.05) is 0 Å². The Labute approximate surface area is 90.6 Å². The van der Waals surface area contributed by atoms with Crippen LogP contribution in [0.25, 0.3) is 0 Å². The predicted octanol–water partition coefficient (Wildman–Crippen LogP) is 1.02. The van der Waals surface area contributed by atoms with Crippen LogP contribution in [0.5, 0.6) is 0 Å². The molecule has 0 aliphatic heterocycles. The Bertz CT molecular complexity index is 430. The van der Waals surface area contributed by atoms with Crippen LogP contribution >= 0.6 is 22.6 Å². The second kappa shape index (κ2) is 4.03. The third kappa shape index (κ3) is 2.08. The van der Waals surface area contributed by atoms with Crippen molar-refractivity contribution in [1.29, 1.82) is 0 Å². The number of rotatable bonds is 2. The van der Waals surface area contributed by atoms with Gasteiger partial charge >= 0.3 is 0 Å². The van der Waals surface area contributed by atoms with E-state index in [1.807, 2.05) is 0 Å². The molecular weight excluding hydrogens is 309 g/mol. The molecule has 76 valence electrons. The Morgan fingerprint density at radius 3 is 2.57 bits per heavy atom. The lowest BCUT2D eigenvalue weighted by molar-refractivity contribution is 0.0979. The number of alkyl halides is 2. The van der Waals surface area contributed by atoms with E-state index in [2.05, 4.69) is 4.98 Å². The van der Waals surface area contributed by atoms with Crippen molar-refractivity contribution >= 4 is 28.5 Å². The van der Waals surface area contributed by atoms with E-state index in [0.717, 1.165) is 6.07 Å². The van der Waals surface area contributed by atoms with Crippen molar-refractivity contribution in [1.82, 2.24) is 4.98 Å². The highest BCUT2D eigenvalue weighted by atomic mass is 127. The third-order valence-electron chi connectivity index (χ3n) is 1.50. The second-order valence-electron chi connectivity index (χ2n) is 2.44. The lowest BCUT2D eigenvalue weighted by Gasteiger charge is -2.04. The van der Waals surface area contributed by atoms with Crippen molar-refractivity contribution < 1.29 is 13.6 Å². The summed E-state index contributed by atoms with van der Waals surface area (Å²) in [6, 6.07) is 0.981. The molecule has 7 heteroatoms. The number of pyridine rings is 1. The molecule has 0 unspecified atom stereocenters. The number of halogens is 3. The highest BCUT2D eigenvalue weighted by Gasteiger charge is 2.21. The quantitative estimate of drug-likeness (QED) is 0.631. The van der Waals surface area contributed by atoms with Gasteiger partial charge in [0.15, 0.2) is 5.43 Å². The first kappa shape index (κ1) is 11.1. The number of aromatic amines is 1. The molecular formula is C7H5F2IN2O2. The van der Waals surface area contributed by atoms with Crippen LogP contribution < -0.4 is 11.2 Å². The maximum Gasteiger partial charge on any atom is 0.269 e. The summed E-state index contributed by atoms with van der Waals surface area (Å²) in [6.07, 6.45) is -3.02. The van der Waals surface area contributed by atoms with Gasteiger partial charge in [0.2, 0.25) is 0 Å². The third-order valence-corrected chi connectivity index (χ3v) is 2.08. The largest absolute Gasteiger partial charge is 0.364 e. The number of hydrogen-bond acceptors (Lipinski definition) is 2. The summed E-state index contributed by atoms with van der Waals surface area (Å²) in [6.45, 7) is 0. The van der Waals surface area contributed by atoms with Crippen LogP contribution in [0, 0.1) is 3.70 Å². The van der Waals surface area contributed by atoms with E-state index < -0.39 is 29.0 Å². The first-order valence-electron chi connectivity index (χ1n) is 3.44. The Morgan fingerprint density at radius 1 is 1.57 bits per heavy atom. The zero-order valence-corrected chi connectivity index (χ0v) is 8.84. The van der Waals surface area contributed by atoms with E-state index in [1.165, 1.54) is 0 Å². The lowest BCUT2D eigenvalue weighted by atomic mass is 10.2. The molecule has 1 aromatic heterocycles. The van der Waals surface area contributed by atoms with E-state index in [0.29, 0.717) is 0 Å². The molecule has 0 aliphatic carbocycles. The van der Waals surface area contributed by atoms with E-state index in [9.17, 15) is 18.4 Å². The molecule has 0 saturated carbocycles. The number of carbonyl (C=O) groups is 1. The van der Waals surface area contributed by atoms with Crippen LogP contribution in [-0.4, -0.2) is 10.9 Å². The summed E-state index contributed by atoms with van der Waals surface area (Å²) in [5.41, 5.74) is 2.55. The molecule has 4 nitrogen and oxygen atoms in total. The van der Waals surface area contributed by atoms with Crippen molar-refractivity contribution in [3.8, 4) is 0 Å². The number of nitrogens with one attached hydrogen (secondary N) is 1. The van der Waals surface area contributed by atoms with Crippen LogP contribution in [0.3, 0.4) is 0 Å². The summed E-state index contributed by atoms with van der Waals surface area (Å²) >= 11 is 1.70. The van der Waals surface area contributed by atoms with Gasteiger partial charge in [-0.3, -0.25) is 9.59 Å². The fourth-order valence-electron chi connectivity index (χ4n) is 0.950. The second-order valence-corrected chi connectivity index (χ2v) is 3.60. The maximum absolute atomic E-state index is 12.4. The number of H-pyrrole nitrogens is 1. The van der Waals surface area contributed by atoms with Crippen LogP contribution in [0.1, 0.15) is 22.5 Å². The highest BCUT2D eigenvalue weighted by molar-refractivity contribution is 14.1. The van der Waals surface area contributed by atoms with E-state index in [4.69, 9.17) is 5.73 Å². The Hall–Kier alpha value is -0.990. The Kier molecular flexibility index (Phi) is 3.19. The summed E-state index contributed by atoms with van der Waals surface area (Å²) in [5, 5.41) is 0. The number of nitrogens with two attached hydrogens (primary N) is 1. The van der Waals surface area contributed by atoms with Crippen LogP contribution in [0.15, 0.2) is 10.9 Å². The molecule has 0 saturated heterocycles. The molecule has 0 atom stereocenters. The first-order chi connectivity index (χ1) is 6.43. The number of carbonyl (C=O) groups excluding carboxylic acids is 1. The van der Waals surface area contributed by atoms with Gasteiger partial charge in [-0.25, -0.2) is 8.78 Å². The van der Waals surface area contributed by atoms with Gasteiger partial charge in [0.05, 0.1) is 9.26 Å². The number of hydrogen-bond donors (Lipinski definition) is 2. The Balaban J connectivity index is 3.53. The average molecular weight is 314 g/mol. The van der Waals surface area contributed by atoms with Gasteiger partial charge < -0.3 is 10.7 Å². The number of aromatic nitrogens is 1. The lowest BCUT2D eigenvalue weighted by Crippen LogP contribution is -2.23. The van der Waals surface area contributed by atoms with Crippen molar-refractivity contribution in [2.24, 2.45) is 5.73 Å². The molecule has 0 radical (unpaired) electrons. The summed E-state index contributed by atoms with van der Waals surface area (Å²) in [4.78, 5) is 24.2. The molecule has 0 aliphatic rings. The van der Waals surface area contributed by atoms with Crippen LogP contribution in [0.4, 0.5) is 8.78 Å². The van der Waals surface area contributed by atoms with E-state index >= 15 is 0 Å². The summed E-state index contributed by atoms with van der Waals surface area (Å²) < 4.78 is 25.0. The highest BCUT2D eigenvalue weighted by Crippen LogP contribution is 2.18. The average Bonchev–Trinajstić information content (AvgIpc) is 2.01. The van der Waals surface area contributed by atoms with Gasteiger partial charge in [0.1, 0.15) is 5.69 Å². The van der Waals surface area contributed by atoms with Gasteiger partial charge in [-0.2, -0.15) is 0 Å². The van der Waals surface area contributed by atoms with Crippen molar-refractivity contribution in [3.63, 3.8) is 0 Å². The molecule has 0 spiro atoms. The molecule has 1 heterocycles. The maximum atomic E-state index is 12.4. The molecule has 3 N–H and O–H groups in total. The van der Waals surface area contributed by atoms with Crippen LogP contribution in [-0.2, 0) is 0 Å². The smallest absolute Gasteiger partial charge is 0.269 e. The van der Waals surface area contributed by atoms with Crippen molar-refractivity contribution in [2.75, 3.05) is 0 Å². The molecule has 1 rings (SSSR count). The van der Waals surface area contributed by atoms with Gasteiger partial charge in [0, 0.05) is 6.07 Å². The molecule has 0 bridgehead atoms. The van der Waals surface area contributed by atoms with Gasteiger partial charge in [-0.15, -0.1) is 0 Å². The minimum Gasteiger partial charge on any atom is -0.364 e. The van der Waals surface area contributed by atoms with E-state index in [-0.39, 0.29) is 3.70 Å². The minimum absolute atomic E-state index is 0.283. The monoisotopic (exact) mass is 314 g/mol. The van der Waals surface area contributed by atoms with Crippen molar-refractivity contribution in [2.45, 2.75) is 6.43 Å². The summed E-state index contributed by atoms with van der Waals surface area (Å²) in [5.74, 6) is -1.07. The Morgan fingerprint density at radius 2 is 2.14 bits per heavy atom. The summed E-state index contributed by atoms with van der Waals surface area (Å²) in [7, 11) is 0. The predicted molar refractivity (Wildman–Crippen MR) is 53.3 cm³/mol. The minimum atomic E-state index is -3.02. The van der Waals surface area contributed by atoms with Gasteiger partial charge in [0.25, 0.3) is 12.3 Å². The molecule has 0 fully saturated rings. The molecule has 0 aromatic carbocycles. The van der Waals surface area contributed by atoms with Gasteiger partial charge in [-0.05, 0) is 22.6 Å². The van der Waals surface area contributed by atoms with E-state index in [1.54, 1.807) is 22.6 Å². The van der Waals surface area contributed by atoms with Crippen LogP contribution in [0.2, 0.25) is 0 Å². The standard InChI is InChI=1S/C7H5F2IN2O2/c8-6(9)4-2(13)1-3(10)12-5(4)7(11)14/h1,6H,(H2,11,14)(H,12,13). The normalized spacial score (nSPS) is 10.6. The topological polar surface area (TPSA) is 76.0 Å². The zero-order valence-electron chi connectivity index (χ0n) is 6.68. The van der Waals surface area contributed by atoms with Crippen molar-refractivity contribution in [3.05, 3.63) is 31.2 Å². The SMILES string of the molecule is NC(=O)c1[nH]c(I)cc(=O)c1C(F)F. The first-order valence-corrected chi connectivity index (χ1v) is 4.52. The fraction of sp³-hybridized carbons (Fsp3) is 0.143.